The summed E-state index contributed by atoms with van der Waals surface area (Å²) in [6, 6.07) is 24.2. The molecular formula is C45H56O5. The van der Waals surface area contributed by atoms with Gasteiger partial charge in [0.05, 0.1) is 31.5 Å². The van der Waals surface area contributed by atoms with Gasteiger partial charge in [-0.1, -0.05) is 68.9 Å². The zero-order valence-electron chi connectivity index (χ0n) is 30.1. The minimum atomic E-state index is -0.300. The van der Waals surface area contributed by atoms with E-state index in [1.807, 2.05) is 42.5 Å². The average Bonchev–Trinajstić information content (AvgIpc) is 3.17. The summed E-state index contributed by atoms with van der Waals surface area (Å²) < 4.78 is 17.4. The zero-order chi connectivity index (χ0) is 34.4. The molecular weight excluding hydrogens is 620 g/mol. The van der Waals surface area contributed by atoms with Crippen molar-refractivity contribution in [2.45, 2.75) is 134 Å². The van der Waals surface area contributed by atoms with Crippen molar-refractivity contribution >= 4 is 27.5 Å². The van der Waals surface area contributed by atoms with Gasteiger partial charge < -0.3 is 19.3 Å². The van der Waals surface area contributed by atoms with E-state index in [1.165, 1.54) is 133 Å². The standard InChI is InChI=1S/C23H28O3.C22H28O2/c1-25-22(24)19-6-5-18-16-21(8-7-17(18)15-19)26-20-9-13-23(14-10-20)11-3-2-4-12-23;23-16-17-4-5-19-15-21(7-6-18(19)14-17)24-20-8-12-22(13-9-20)10-2-1-3-11-22/h5-8,15-16,20H,2-4,9-14H2,1H3;4-7,14-15,20,23H,1-3,8-13,16H2. The van der Waals surface area contributed by atoms with Crippen molar-refractivity contribution in [1.82, 2.24) is 0 Å². The highest BCUT2D eigenvalue weighted by atomic mass is 16.5. The summed E-state index contributed by atoms with van der Waals surface area (Å²) in [5.74, 6) is 1.63. The van der Waals surface area contributed by atoms with Crippen LogP contribution in [0.3, 0.4) is 0 Å². The molecule has 4 saturated carbocycles. The van der Waals surface area contributed by atoms with Crippen LogP contribution in [0, 0.1) is 10.8 Å². The minimum absolute atomic E-state index is 0.0953. The molecule has 50 heavy (non-hydrogen) atoms. The third-order valence-electron chi connectivity index (χ3n) is 12.7. The van der Waals surface area contributed by atoms with Crippen molar-refractivity contribution in [2.75, 3.05) is 7.11 Å². The molecule has 266 valence electrons. The molecule has 0 amide bonds. The number of aliphatic hydroxyl groups excluding tert-OH is 1. The Morgan fingerprint density at radius 2 is 1.02 bits per heavy atom. The lowest BCUT2D eigenvalue weighted by Crippen LogP contribution is -2.33. The number of esters is 1. The molecule has 2 spiro atoms. The summed E-state index contributed by atoms with van der Waals surface area (Å²) in [6.45, 7) is 0.0953. The largest absolute Gasteiger partial charge is 0.490 e. The summed E-state index contributed by atoms with van der Waals surface area (Å²) in [5, 5.41) is 13.7. The molecule has 0 aromatic heterocycles. The van der Waals surface area contributed by atoms with Crippen LogP contribution < -0.4 is 9.47 Å². The van der Waals surface area contributed by atoms with E-state index in [1.54, 1.807) is 0 Å². The van der Waals surface area contributed by atoms with Crippen LogP contribution in [-0.4, -0.2) is 30.4 Å². The summed E-state index contributed by atoms with van der Waals surface area (Å²) >= 11 is 0. The van der Waals surface area contributed by atoms with Crippen LogP contribution in [-0.2, 0) is 11.3 Å². The number of carbonyl (C=O) groups is 1. The molecule has 0 atom stereocenters. The maximum absolute atomic E-state index is 11.7. The Hall–Kier alpha value is -3.57. The Morgan fingerprint density at radius 1 is 0.580 bits per heavy atom. The highest BCUT2D eigenvalue weighted by molar-refractivity contribution is 5.95. The van der Waals surface area contributed by atoms with E-state index in [0.29, 0.717) is 28.6 Å². The molecule has 0 radical (unpaired) electrons. The number of methoxy groups -OCH3 is 1. The predicted octanol–water partition coefficient (Wildman–Crippen LogP) is 11.5. The van der Waals surface area contributed by atoms with Crippen LogP contribution in [0.5, 0.6) is 11.5 Å². The van der Waals surface area contributed by atoms with Gasteiger partial charge in [0, 0.05) is 0 Å². The van der Waals surface area contributed by atoms with Crippen LogP contribution in [0.25, 0.3) is 21.5 Å². The third kappa shape index (κ3) is 8.31. The normalized spacial score (nSPS) is 21.8. The highest BCUT2D eigenvalue weighted by Crippen LogP contribution is 2.49. The second-order valence-electron chi connectivity index (χ2n) is 16.0. The fraction of sp³-hybridized carbons (Fsp3) is 0.533. The van der Waals surface area contributed by atoms with Crippen molar-refractivity contribution in [3.8, 4) is 11.5 Å². The molecule has 0 saturated heterocycles. The van der Waals surface area contributed by atoms with Crippen molar-refractivity contribution < 1.29 is 24.1 Å². The number of rotatable bonds is 6. The average molecular weight is 677 g/mol. The first-order valence-corrected chi connectivity index (χ1v) is 19.5. The summed E-state index contributed by atoms with van der Waals surface area (Å²) in [6.07, 6.45) is 25.2. The smallest absolute Gasteiger partial charge is 0.337 e. The lowest BCUT2D eigenvalue weighted by atomic mass is 9.65. The number of hydrogen-bond donors (Lipinski definition) is 1. The van der Waals surface area contributed by atoms with Crippen LogP contribution in [0.1, 0.15) is 131 Å². The van der Waals surface area contributed by atoms with Gasteiger partial charge in [0.1, 0.15) is 11.5 Å². The molecule has 4 fully saturated rings. The molecule has 0 heterocycles. The van der Waals surface area contributed by atoms with Gasteiger partial charge in [0.2, 0.25) is 0 Å². The van der Waals surface area contributed by atoms with Crippen molar-refractivity contribution in [2.24, 2.45) is 10.8 Å². The Bertz CT molecular complexity index is 1730. The molecule has 0 aliphatic heterocycles. The Kier molecular flexibility index (Phi) is 11.0. The molecule has 4 aromatic rings. The van der Waals surface area contributed by atoms with Gasteiger partial charge in [0.15, 0.2) is 0 Å². The van der Waals surface area contributed by atoms with Gasteiger partial charge in [0.25, 0.3) is 0 Å². The second-order valence-corrected chi connectivity index (χ2v) is 16.0. The SMILES string of the molecule is COC(=O)c1ccc2cc(OC3CCC4(CCCCC4)CC3)ccc2c1.OCc1ccc2cc(OC3CCC4(CCCCC4)CC3)ccc2c1. The van der Waals surface area contributed by atoms with Gasteiger partial charge >= 0.3 is 5.97 Å². The van der Waals surface area contributed by atoms with Crippen LogP contribution >= 0.6 is 0 Å². The number of carbonyl (C=O) groups excluding carboxylic acids is 1. The monoisotopic (exact) mass is 676 g/mol. The van der Waals surface area contributed by atoms with E-state index in [9.17, 15) is 9.90 Å². The number of benzene rings is 4. The van der Waals surface area contributed by atoms with Crippen molar-refractivity contribution in [3.05, 3.63) is 83.9 Å². The summed E-state index contributed by atoms with van der Waals surface area (Å²) in [7, 11) is 1.41. The lowest BCUT2D eigenvalue weighted by molar-refractivity contribution is 0.0524. The Morgan fingerprint density at radius 3 is 1.50 bits per heavy atom. The quantitative estimate of drug-likeness (QED) is 0.206. The van der Waals surface area contributed by atoms with Gasteiger partial charge in [-0.3, -0.25) is 0 Å². The third-order valence-corrected chi connectivity index (χ3v) is 12.7. The van der Waals surface area contributed by atoms with Crippen molar-refractivity contribution in [1.29, 1.82) is 0 Å². The van der Waals surface area contributed by atoms with Gasteiger partial charge in [-0.05, 0) is 157 Å². The first-order chi connectivity index (χ1) is 24.4. The highest BCUT2D eigenvalue weighted by Gasteiger charge is 2.38. The lowest BCUT2D eigenvalue weighted by Gasteiger charge is -2.42. The van der Waals surface area contributed by atoms with Crippen molar-refractivity contribution in [3.63, 3.8) is 0 Å². The Balaban J connectivity index is 0.000000157. The summed E-state index contributed by atoms with van der Waals surface area (Å²) in [5.41, 5.74) is 2.83. The second kappa shape index (κ2) is 15.8. The first-order valence-electron chi connectivity index (χ1n) is 19.5. The van der Waals surface area contributed by atoms with Crippen LogP contribution in [0.15, 0.2) is 72.8 Å². The van der Waals surface area contributed by atoms with E-state index in [-0.39, 0.29) is 12.6 Å². The molecule has 4 aliphatic rings. The Labute approximate surface area is 298 Å². The number of hydrogen-bond acceptors (Lipinski definition) is 5. The number of aliphatic hydroxyl groups is 1. The fourth-order valence-electron chi connectivity index (χ4n) is 9.62. The minimum Gasteiger partial charge on any atom is -0.490 e. The van der Waals surface area contributed by atoms with Crippen LogP contribution in [0.2, 0.25) is 0 Å². The fourth-order valence-corrected chi connectivity index (χ4v) is 9.62. The van der Waals surface area contributed by atoms with E-state index in [4.69, 9.17) is 14.2 Å². The number of fused-ring (bicyclic) bond motifs is 2. The predicted molar refractivity (Wildman–Crippen MR) is 202 cm³/mol. The van der Waals surface area contributed by atoms with Crippen LogP contribution in [0.4, 0.5) is 0 Å². The van der Waals surface area contributed by atoms with E-state index in [0.717, 1.165) is 27.8 Å². The summed E-state index contributed by atoms with van der Waals surface area (Å²) in [4.78, 5) is 11.7. The molecule has 4 aliphatic carbocycles. The molecule has 4 aromatic carbocycles. The van der Waals surface area contributed by atoms with E-state index >= 15 is 0 Å². The molecule has 0 unspecified atom stereocenters. The molecule has 5 heteroatoms. The first kappa shape index (κ1) is 34.9. The van der Waals surface area contributed by atoms with E-state index < -0.39 is 0 Å². The van der Waals surface area contributed by atoms with Gasteiger partial charge in [-0.25, -0.2) is 4.79 Å². The zero-order valence-corrected chi connectivity index (χ0v) is 30.1. The molecule has 1 N–H and O–H groups in total. The van der Waals surface area contributed by atoms with E-state index in [2.05, 4.69) is 30.3 Å². The molecule has 5 nitrogen and oxygen atoms in total. The maximum atomic E-state index is 11.7. The number of ether oxygens (including phenoxy) is 3. The molecule has 0 bridgehead atoms. The van der Waals surface area contributed by atoms with Gasteiger partial charge in [-0.15, -0.1) is 0 Å². The maximum Gasteiger partial charge on any atom is 0.337 e. The molecule has 8 rings (SSSR count). The topological polar surface area (TPSA) is 65.0 Å². The van der Waals surface area contributed by atoms with Gasteiger partial charge in [-0.2, -0.15) is 0 Å².